The number of rotatable bonds is 5. The Morgan fingerprint density at radius 1 is 1.45 bits per heavy atom. The molecule has 0 amide bonds. The molecule has 0 aromatic carbocycles. The SMILES string of the molecule is CC(CNc1nccc(C#N)c1Cl)CN1CCCCC1. The molecular formula is C15H21ClN4. The van der Waals surface area contributed by atoms with Crippen LogP contribution in [-0.2, 0) is 0 Å². The number of hydrogen-bond acceptors (Lipinski definition) is 4. The van der Waals surface area contributed by atoms with E-state index >= 15 is 0 Å². The highest BCUT2D eigenvalue weighted by molar-refractivity contribution is 6.34. The minimum atomic E-state index is 0.417. The second kappa shape index (κ2) is 7.47. The van der Waals surface area contributed by atoms with Crippen molar-refractivity contribution >= 4 is 17.4 Å². The highest BCUT2D eigenvalue weighted by Gasteiger charge is 2.14. The molecule has 4 nitrogen and oxygen atoms in total. The Morgan fingerprint density at radius 2 is 2.20 bits per heavy atom. The van der Waals surface area contributed by atoms with Crippen LogP contribution in [0.2, 0.25) is 5.02 Å². The van der Waals surface area contributed by atoms with Crippen molar-refractivity contribution in [3.8, 4) is 6.07 Å². The fourth-order valence-electron chi connectivity index (χ4n) is 2.57. The van der Waals surface area contributed by atoms with Gasteiger partial charge in [0, 0.05) is 19.3 Å². The van der Waals surface area contributed by atoms with Gasteiger partial charge in [-0.15, -0.1) is 0 Å². The zero-order valence-corrected chi connectivity index (χ0v) is 12.7. The predicted octanol–water partition coefficient (Wildman–Crippen LogP) is 3.14. The third-order valence-electron chi connectivity index (χ3n) is 3.65. The van der Waals surface area contributed by atoms with E-state index in [1.165, 1.54) is 32.4 Å². The largest absolute Gasteiger partial charge is 0.368 e. The van der Waals surface area contributed by atoms with Gasteiger partial charge in [0.1, 0.15) is 16.9 Å². The lowest BCUT2D eigenvalue weighted by molar-refractivity contribution is 0.204. The van der Waals surface area contributed by atoms with E-state index in [-0.39, 0.29) is 0 Å². The maximum Gasteiger partial charge on any atom is 0.146 e. The van der Waals surface area contributed by atoms with E-state index in [1.54, 1.807) is 12.3 Å². The molecule has 108 valence electrons. The highest BCUT2D eigenvalue weighted by atomic mass is 35.5. The first-order chi connectivity index (χ1) is 9.70. The summed E-state index contributed by atoms with van der Waals surface area (Å²) >= 11 is 6.13. The lowest BCUT2D eigenvalue weighted by atomic mass is 10.1. The number of anilines is 1. The second-order valence-corrected chi connectivity index (χ2v) is 5.86. The van der Waals surface area contributed by atoms with Crippen LogP contribution >= 0.6 is 11.6 Å². The molecule has 1 N–H and O–H groups in total. The van der Waals surface area contributed by atoms with Gasteiger partial charge in [-0.1, -0.05) is 24.9 Å². The van der Waals surface area contributed by atoms with Crippen molar-refractivity contribution in [3.63, 3.8) is 0 Å². The summed E-state index contributed by atoms with van der Waals surface area (Å²) in [5, 5.41) is 12.6. The molecule has 0 saturated carbocycles. The van der Waals surface area contributed by atoms with Crippen LogP contribution in [0.3, 0.4) is 0 Å². The molecule has 1 fully saturated rings. The molecule has 0 bridgehead atoms. The van der Waals surface area contributed by atoms with Crippen LogP contribution in [0.15, 0.2) is 12.3 Å². The summed E-state index contributed by atoms with van der Waals surface area (Å²) in [7, 11) is 0. The van der Waals surface area contributed by atoms with E-state index in [2.05, 4.69) is 28.2 Å². The molecule has 1 aliphatic rings. The lowest BCUT2D eigenvalue weighted by Gasteiger charge is -2.29. The smallest absolute Gasteiger partial charge is 0.146 e. The Bertz CT molecular complexity index is 477. The van der Waals surface area contributed by atoms with Gasteiger partial charge in [-0.05, 0) is 37.9 Å². The second-order valence-electron chi connectivity index (χ2n) is 5.48. The minimum Gasteiger partial charge on any atom is -0.368 e. The van der Waals surface area contributed by atoms with E-state index in [0.29, 0.717) is 22.3 Å². The number of nitriles is 1. The zero-order valence-electron chi connectivity index (χ0n) is 11.9. The van der Waals surface area contributed by atoms with Gasteiger partial charge in [0.2, 0.25) is 0 Å². The quantitative estimate of drug-likeness (QED) is 0.906. The number of halogens is 1. The number of aromatic nitrogens is 1. The van der Waals surface area contributed by atoms with Crippen molar-refractivity contribution in [2.45, 2.75) is 26.2 Å². The first kappa shape index (κ1) is 15.1. The molecule has 1 atom stereocenters. The monoisotopic (exact) mass is 292 g/mol. The molecule has 1 aromatic rings. The molecular weight excluding hydrogens is 272 g/mol. The molecule has 0 radical (unpaired) electrons. The fraction of sp³-hybridized carbons (Fsp3) is 0.600. The number of nitrogens with zero attached hydrogens (tertiary/aromatic N) is 3. The Balaban J connectivity index is 1.84. The molecule has 1 aliphatic heterocycles. The first-order valence-corrected chi connectivity index (χ1v) is 7.59. The van der Waals surface area contributed by atoms with Crippen LogP contribution in [0.4, 0.5) is 5.82 Å². The van der Waals surface area contributed by atoms with Crippen molar-refractivity contribution in [1.82, 2.24) is 9.88 Å². The van der Waals surface area contributed by atoms with Crippen LogP contribution < -0.4 is 5.32 Å². The maximum absolute atomic E-state index is 8.94. The summed E-state index contributed by atoms with van der Waals surface area (Å²) in [6, 6.07) is 3.70. The zero-order chi connectivity index (χ0) is 14.4. The normalized spacial score (nSPS) is 17.4. The summed E-state index contributed by atoms with van der Waals surface area (Å²) in [6.45, 7) is 6.57. The van der Waals surface area contributed by atoms with Gasteiger partial charge in [0.05, 0.1) is 5.56 Å². The number of pyridine rings is 1. The number of hydrogen-bond donors (Lipinski definition) is 1. The van der Waals surface area contributed by atoms with E-state index in [1.807, 2.05) is 0 Å². The van der Waals surface area contributed by atoms with Gasteiger partial charge in [0.15, 0.2) is 0 Å². The van der Waals surface area contributed by atoms with Gasteiger partial charge in [-0.2, -0.15) is 5.26 Å². The van der Waals surface area contributed by atoms with Crippen LogP contribution in [0.5, 0.6) is 0 Å². The molecule has 0 aliphatic carbocycles. The van der Waals surface area contributed by atoms with E-state index in [4.69, 9.17) is 16.9 Å². The minimum absolute atomic E-state index is 0.417. The standard InChI is InChI=1S/C15H21ClN4/c1-12(11-20-7-3-2-4-8-20)10-19-15-14(16)13(9-17)5-6-18-15/h5-6,12H,2-4,7-8,10-11H2,1H3,(H,18,19). The van der Waals surface area contributed by atoms with Crippen molar-refractivity contribution in [3.05, 3.63) is 22.8 Å². The van der Waals surface area contributed by atoms with Crippen LogP contribution in [0.1, 0.15) is 31.7 Å². The molecule has 2 rings (SSSR count). The summed E-state index contributed by atoms with van der Waals surface area (Å²) in [4.78, 5) is 6.72. The average molecular weight is 293 g/mol. The van der Waals surface area contributed by atoms with Crippen molar-refractivity contribution in [1.29, 1.82) is 5.26 Å². The van der Waals surface area contributed by atoms with Crippen LogP contribution in [0, 0.1) is 17.2 Å². The Kier molecular flexibility index (Phi) is 5.63. The summed E-state index contributed by atoms with van der Waals surface area (Å²) in [5.41, 5.74) is 0.466. The maximum atomic E-state index is 8.94. The lowest BCUT2D eigenvalue weighted by Crippen LogP contribution is -2.35. The summed E-state index contributed by atoms with van der Waals surface area (Å²) in [5.74, 6) is 1.13. The predicted molar refractivity (Wildman–Crippen MR) is 81.9 cm³/mol. The Morgan fingerprint density at radius 3 is 2.90 bits per heavy atom. The van der Waals surface area contributed by atoms with Crippen molar-refractivity contribution < 1.29 is 0 Å². The van der Waals surface area contributed by atoms with E-state index in [0.717, 1.165) is 13.1 Å². The fourth-order valence-corrected chi connectivity index (χ4v) is 2.79. The molecule has 1 unspecified atom stereocenters. The Hall–Kier alpha value is -1.31. The molecule has 20 heavy (non-hydrogen) atoms. The number of piperidine rings is 1. The van der Waals surface area contributed by atoms with Gasteiger partial charge < -0.3 is 10.2 Å². The Labute approximate surface area is 125 Å². The molecule has 5 heteroatoms. The topological polar surface area (TPSA) is 52.0 Å². The van der Waals surface area contributed by atoms with Crippen LogP contribution in [0.25, 0.3) is 0 Å². The van der Waals surface area contributed by atoms with Crippen LogP contribution in [-0.4, -0.2) is 36.1 Å². The van der Waals surface area contributed by atoms with Crippen molar-refractivity contribution in [2.75, 3.05) is 31.5 Å². The number of nitrogens with one attached hydrogen (secondary N) is 1. The average Bonchev–Trinajstić information content (AvgIpc) is 2.47. The van der Waals surface area contributed by atoms with E-state index < -0.39 is 0 Å². The number of likely N-dealkylation sites (tertiary alicyclic amines) is 1. The van der Waals surface area contributed by atoms with Gasteiger partial charge in [-0.3, -0.25) is 0 Å². The van der Waals surface area contributed by atoms with Gasteiger partial charge >= 0.3 is 0 Å². The van der Waals surface area contributed by atoms with Gasteiger partial charge in [0.25, 0.3) is 0 Å². The van der Waals surface area contributed by atoms with Crippen molar-refractivity contribution in [2.24, 2.45) is 5.92 Å². The third kappa shape index (κ3) is 4.09. The van der Waals surface area contributed by atoms with Gasteiger partial charge in [-0.25, -0.2) is 4.98 Å². The first-order valence-electron chi connectivity index (χ1n) is 7.21. The molecule has 1 saturated heterocycles. The molecule has 1 aromatic heterocycles. The highest BCUT2D eigenvalue weighted by Crippen LogP contribution is 2.23. The summed E-state index contributed by atoms with van der Waals surface area (Å²) in [6.07, 6.45) is 5.61. The molecule has 0 spiro atoms. The molecule has 2 heterocycles. The third-order valence-corrected chi connectivity index (χ3v) is 4.03. The summed E-state index contributed by atoms with van der Waals surface area (Å²) < 4.78 is 0. The van der Waals surface area contributed by atoms with E-state index in [9.17, 15) is 0 Å².